The summed E-state index contributed by atoms with van der Waals surface area (Å²) in [4.78, 5) is 10.2. The Labute approximate surface area is 97.2 Å². The number of amidine groups is 1. The molecule has 1 aromatic carbocycles. The van der Waals surface area contributed by atoms with Crippen molar-refractivity contribution in [1.82, 2.24) is 5.12 Å². The molecule has 1 aromatic rings. The van der Waals surface area contributed by atoms with Crippen molar-refractivity contribution in [3.63, 3.8) is 0 Å². The number of para-hydroxylation sites is 1. The van der Waals surface area contributed by atoms with E-state index in [0.717, 1.165) is 5.12 Å². The van der Waals surface area contributed by atoms with Crippen LogP contribution in [-0.2, 0) is 0 Å². The Bertz CT molecular complexity index is 434. The quantitative estimate of drug-likeness (QED) is 0.206. The van der Waals surface area contributed by atoms with E-state index in [0.29, 0.717) is 0 Å². The molecule has 8 nitrogen and oxygen atoms in total. The van der Waals surface area contributed by atoms with Gasteiger partial charge in [0.15, 0.2) is 5.84 Å². The van der Waals surface area contributed by atoms with E-state index >= 15 is 0 Å². The van der Waals surface area contributed by atoms with Gasteiger partial charge in [0, 0.05) is 6.07 Å². The minimum atomic E-state index is -0.551. The van der Waals surface area contributed by atoms with Crippen LogP contribution in [-0.4, -0.2) is 34.1 Å². The van der Waals surface area contributed by atoms with Crippen molar-refractivity contribution in [2.24, 2.45) is 16.7 Å². The van der Waals surface area contributed by atoms with E-state index in [1.165, 1.54) is 18.2 Å². The predicted molar refractivity (Wildman–Crippen MR) is 61.8 cm³/mol. The number of hydrazine groups is 1. The lowest BCUT2D eigenvalue weighted by Crippen LogP contribution is -2.32. The van der Waals surface area contributed by atoms with Gasteiger partial charge in [0.25, 0.3) is 5.69 Å². The Balaban J connectivity index is 3.03. The fourth-order valence-electron chi connectivity index (χ4n) is 1.19. The highest BCUT2D eigenvalue weighted by Gasteiger charge is 2.15. The Hall–Kier alpha value is -2.19. The fraction of sp³-hybridized carbons (Fsp3) is 0.222. The first-order valence-electron chi connectivity index (χ1n) is 4.77. The van der Waals surface area contributed by atoms with Gasteiger partial charge < -0.3 is 10.8 Å². The number of benzene rings is 1. The van der Waals surface area contributed by atoms with Crippen LogP contribution in [0.25, 0.3) is 0 Å². The van der Waals surface area contributed by atoms with Crippen LogP contribution >= 0.6 is 0 Å². The van der Waals surface area contributed by atoms with Gasteiger partial charge in [-0.15, -0.1) is 5.10 Å². The number of nitro benzene ring substituents is 1. The van der Waals surface area contributed by atoms with E-state index in [-0.39, 0.29) is 30.2 Å². The lowest BCUT2D eigenvalue weighted by molar-refractivity contribution is -0.385. The molecule has 0 aliphatic carbocycles. The van der Waals surface area contributed by atoms with E-state index < -0.39 is 4.92 Å². The second-order valence-corrected chi connectivity index (χ2v) is 3.15. The number of hydrogen-bond donors (Lipinski definition) is 3. The molecule has 0 atom stereocenters. The van der Waals surface area contributed by atoms with Gasteiger partial charge in [-0.3, -0.25) is 10.1 Å². The number of rotatable bonds is 5. The number of aliphatic hydroxyl groups excluding tert-OH is 1. The summed E-state index contributed by atoms with van der Waals surface area (Å²) in [6.45, 7) is -0.106. The van der Waals surface area contributed by atoms with E-state index in [4.69, 9.17) is 16.7 Å². The average molecular weight is 239 g/mol. The molecule has 0 amide bonds. The number of nitrogens with zero attached hydrogens (tertiary/aromatic N) is 3. The number of hydrazone groups is 1. The zero-order chi connectivity index (χ0) is 12.8. The van der Waals surface area contributed by atoms with E-state index in [2.05, 4.69) is 5.10 Å². The zero-order valence-electron chi connectivity index (χ0n) is 8.98. The molecule has 0 aliphatic rings. The molecule has 0 unspecified atom stereocenters. The molecular formula is C9H13N5O3. The second-order valence-electron chi connectivity index (χ2n) is 3.15. The molecule has 1 rings (SSSR count). The number of nitrogens with two attached hydrogens (primary N) is 2. The molecule has 0 saturated carbocycles. The molecule has 5 N–H and O–H groups in total. The molecule has 0 aliphatic heterocycles. The van der Waals surface area contributed by atoms with Gasteiger partial charge in [0.2, 0.25) is 0 Å². The van der Waals surface area contributed by atoms with Crippen LogP contribution in [0.4, 0.5) is 5.69 Å². The van der Waals surface area contributed by atoms with Crippen molar-refractivity contribution < 1.29 is 10.0 Å². The van der Waals surface area contributed by atoms with Crippen molar-refractivity contribution in [2.75, 3.05) is 13.2 Å². The highest BCUT2D eigenvalue weighted by molar-refractivity contribution is 6.00. The van der Waals surface area contributed by atoms with Crippen LogP contribution in [0.3, 0.4) is 0 Å². The van der Waals surface area contributed by atoms with Crippen LogP contribution in [0.2, 0.25) is 0 Å². The number of hydrogen-bond acceptors (Lipinski definition) is 6. The molecule has 17 heavy (non-hydrogen) atoms. The third-order valence-corrected chi connectivity index (χ3v) is 1.94. The van der Waals surface area contributed by atoms with Gasteiger partial charge in [-0.25, -0.2) is 11.0 Å². The van der Waals surface area contributed by atoms with Gasteiger partial charge in [-0.2, -0.15) is 0 Å². The molecule has 0 heterocycles. The Morgan fingerprint density at radius 2 is 2.18 bits per heavy atom. The summed E-state index contributed by atoms with van der Waals surface area (Å²) in [6, 6.07) is 5.94. The van der Waals surface area contributed by atoms with Gasteiger partial charge in [0.1, 0.15) is 0 Å². The minimum Gasteiger partial charge on any atom is -0.394 e. The largest absolute Gasteiger partial charge is 0.394 e. The van der Waals surface area contributed by atoms with E-state index in [9.17, 15) is 10.1 Å². The summed E-state index contributed by atoms with van der Waals surface area (Å²) in [7, 11) is 0. The normalized spacial score (nSPS) is 11.3. The SMILES string of the molecule is N/C(=N\N(N)CCO)c1ccccc1[N+](=O)[O-]. The van der Waals surface area contributed by atoms with Gasteiger partial charge in [-0.05, 0) is 6.07 Å². The molecule has 0 fully saturated rings. The highest BCUT2D eigenvalue weighted by Crippen LogP contribution is 2.17. The maximum Gasteiger partial charge on any atom is 0.280 e. The minimum absolute atomic E-state index is 0.0757. The summed E-state index contributed by atoms with van der Waals surface area (Å²) in [5.41, 5.74) is 5.65. The van der Waals surface area contributed by atoms with Crippen molar-refractivity contribution in [1.29, 1.82) is 0 Å². The molecule has 0 saturated heterocycles. The van der Waals surface area contributed by atoms with Gasteiger partial charge >= 0.3 is 0 Å². The third-order valence-electron chi connectivity index (χ3n) is 1.94. The summed E-state index contributed by atoms with van der Waals surface area (Å²) >= 11 is 0. The predicted octanol–water partition coefficient (Wildman–Crippen LogP) is -0.617. The number of nitro groups is 1. The van der Waals surface area contributed by atoms with Crippen LogP contribution < -0.4 is 11.6 Å². The summed E-state index contributed by atoms with van der Waals surface area (Å²) in [5, 5.41) is 24.0. The first kappa shape index (κ1) is 12.9. The standard InChI is InChI=1S/C9H13N5O3/c10-9(12-13(11)5-6-15)7-3-1-2-4-8(7)14(16)17/h1-4,15H,5-6,11H2,(H2,10,12). The van der Waals surface area contributed by atoms with Crippen molar-refractivity contribution >= 4 is 11.5 Å². The summed E-state index contributed by atoms with van der Waals surface area (Å²) in [6.07, 6.45) is 0. The highest BCUT2D eigenvalue weighted by atomic mass is 16.6. The Kier molecular flexibility index (Phi) is 4.37. The second kappa shape index (κ2) is 5.77. The third kappa shape index (κ3) is 3.40. The summed E-state index contributed by atoms with van der Waals surface area (Å²) < 4.78 is 0. The fourth-order valence-corrected chi connectivity index (χ4v) is 1.19. The Morgan fingerprint density at radius 3 is 2.76 bits per heavy atom. The smallest absolute Gasteiger partial charge is 0.280 e. The van der Waals surface area contributed by atoms with E-state index in [1.807, 2.05) is 0 Å². The molecule has 0 bridgehead atoms. The molecule has 8 heteroatoms. The molecule has 0 aromatic heterocycles. The van der Waals surface area contributed by atoms with Crippen LogP contribution in [0.15, 0.2) is 29.4 Å². The lowest BCUT2D eigenvalue weighted by Gasteiger charge is -2.11. The first-order valence-corrected chi connectivity index (χ1v) is 4.77. The van der Waals surface area contributed by atoms with Crippen molar-refractivity contribution in [3.05, 3.63) is 39.9 Å². The van der Waals surface area contributed by atoms with Crippen LogP contribution in [0.1, 0.15) is 5.56 Å². The van der Waals surface area contributed by atoms with Gasteiger partial charge in [-0.1, -0.05) is 12.1 Å². The zero-order valence-corrected chi connectivity index (χ0v) is 8.98. The van der Waals surface area contributed by atoms with Crippen LogP contribution in [0.5, 0.6) is 0 Å². The summed E-state index contributed by atoms with van der Waals surface area (Å²) in [5.74, 6) is 5.31. The average Bonchev–Trinajstić information content (AvgIpc) is 2.29. The maximum absolute atomic E-state index is 10.7. The number of aliphatic hydroxyl groups is 1. The molecular weight excluding hydrogens is 226 g/mol. The molecule has 0 radical (unpaired) electrons. The maximum atomic E-state index is 10.7. The van der Waals surface area contributed by atoms with Crippen molar-refractivity contribution in [3.8, 4) is 0 Å². The Morgan fingerprint density at radius 1 is 1.53 bits per heavy atom. The monoisotopic (exact) mass is 239 g/mol. The van der Waals surface area contributed by atoms with Crippen LogP contribution in [0, 0.1) is 10.1 Å². The van der Waals surface area contributed by atoms with E-state index in [1.54, 1.807) is 6.07 Å². The van der Waals surface area contributed by atoms with Gasteiger partial charge in [0.05, 0.1) is 23.6 Å². The first-order chi connectivity index (χ1) is 8.06. The lowest BCUT2D eigenvalue weighted by atomic mass is 10.1. The topological polar surface area (TPSA) is 131 Å². The molecule has 92 valence electrons. The molecule has 0 spiro atoms. The van der Waals surface area contributed by atoms with Crippen molar-refractivity contribution in [2.45, 2.75) is 0 Å².